The van der Waals surface area contributed by atoms with Gasteiger partial charge in [-0.25, -0.2) is 0 Å². The van der Waals surface area contributed by atoms with Crippen LogP contribution in [0.4, 0.5) is 5.69 Å². The first-order valence-electron chi connectivity index (χ1n) is 7.84. The van der Waals surface area contributed by atoms with Crippen LogP contribution in [0.2, 0.25) is 0 Å². The third kappa shape index (κ3) is 3.82. The molecule has 1 aromatic carbocycles. The first-order valence-corrected chi connectivity index (χ1v) is 7.84. The Kier molecular flexibility index (Phi) is 5.59. The molecule has 2 aliphatic rings. The number of non-ortho nitro benzene ring substituents is 1. The van der Waals surface area contributed by atoms with Gasteiger partial charge < -0.3 is 10.6 Å². The van der Waals surface area contributed by atoms with E-state index in [1.54, 1.807) is 6.07 Å². The van der Waals surface area contributed by atoms with Gasteiger partial charge in [0.25, 0.3) is 5.69 Å². The van der Waals surface area contributed by atoms with Crippen LogP contribution in [0.1, 0.15) is 36.8 Å². The number of nitrogens with zero attached hydrogens (tertiary/aromatic N) is 2. The van der Waals surface area contributed by atoms with E-state index in [4.69, 9.17) is 5.73 Å². The minimum absolute atomic E-state index is 0. The summed E-state index contributed by atoms with van der Waals surface area (Å²) in [5.41, 5.74) is 8.13. The largest absolute Gasteiger partial charge is 0.338 e. The van der Waals surface area contributed by atoms with Crippen LogP contribution in [0.15, 0.2) is 18.2 Å². The molecule has 1 aromatic rings. The zero-order valence-electron chi connectivity index (χ0n) is 12.9. The summed E-state index contributed by atoms with van der Waals surface area (Å²) in [5.74, 6) is 0.415. The number of nitrogens with two attached hydrogens (primary N) is 1. The zero-order valence-corrected chi connectivity index (χ0v) is 13.8. The molecule has 0 saturated heterocycles. The lowest BCUT2D eigenvalue weighted by atomic mass is 9.96. The summed E-state index contributed by atoms with van der Waals surface area (Å²) in [6, 6.07) is 5.08. The molecule has 1 aliphatic carbocycles. The summed E-state index contributed by atoms with van der Waals surface area (Å²) in [6.07, 6.45) is 4.41. The van der Waals surface area contributed by atoms with E-state index in [-0.39, 0.29) is 30.0 Å². The molecule has 1 saturated carbocycles. The summed E-state index contributed by atoms with van der Waals surface area (Å²) in [7, 11) is 0. The minimum Gasteiger partial charge on any atom is -0.338 e. The highest BCUT2D eigenvalue weighted by molar-refractivity contribution is 5.85. The maximum atomic E-state index is 12.5. The van der Waals surface area contributed by atoms with Crippen molar-refractivity contribution >= 4 is 24.0 Å². The smallest absolute Gasteiger partial charge is 0.269 e. The second kappa shape index (κ2) is 7.27. The number of nitro groups is 1. The van der Waals surface area contributed by atoms with Gasteiger partial charge in [-0.2, -0.15) is 0 Å². The van der Waals surface area contributed by atoms with Crippen molar-refractivity contribution in [2.24, 2.45) is 11.7 Å². The summed E-state index contributed by atoms with van der Waals surface area (Å²) in [6.45, 7) is 1.16. The summed E-state index contributed by atoms with van der Waals surface area (Å²) < 4.78 is 0. The van der Waals surface area contributed by atoms with Gasteiger partial charge in [0.15, 0.2) is 0 Å². The fourth-order valence-corrected chi connectivity index (χ4v) is 3.54. The summed E-state index contributed by atoms with van der Waals surface area (Å²) in [4.78, 5) is 24.8. The van der Waals surface area contributed by atoms with E-state index < -0.39 is 4.92 Å². The normalized spacial score (nSPS) is 23.1. The predicted molar refractivity (Wildman–Crippen MR) is 89.4 cm³/mol. The van der Waals surface area contributed by atoms with Crippen molar-refractivity contribution in [3.05, 3.63) is 39.4 Å². The molecular formula is C16H22ClN3O3. The monoisotopic (exact) mass is 339 g/mol. The van der Waals surface area contributed by atoms with Crippen molar-refractivity contribution < 1.29 is 9.72 Å². The molecule has 3 rings (SSSR count). The lowest BCUT2D eigenvalue weighted by Gasteiger charge is -2.30. The molecule has 0 bridgehead atoms. The summed E-state index contributed by atoms with van der Waals surface area (Å²) >= 11 is 0. The first kappa shape index (κ1) is 17.7. The van der Waals surface area contributed by atoms with Gasteiger partial charge in [0.1, 0.15) is 0 Å². The maximum Gasteiger partial charge on any atom is 0.269 e. The fourth-order valence-electron chi connectivity index (χ4n) is 3.54. The number of rotatable bonds is 3. The second-order valence-electron chi connectivity index (χ2n) is 6.33. The maximum absolute atomic E-state index is 12.5. The Balaban J connectivity index is 0.00000192. The average molecular weight is 340 g/mol. The number of carbonyl (C=O) groups is 1. The van der Waals surface area contributed by atoms with Gasteiger partial charge in [0.05, 0.1) is 4.92 Å². The Morgan fingerprint density at radius 1 is 1.35 bits per heavy atom. The van der Waals surface area contributed by atoms with Gasteiger partial charge in [0.2, 0.25) is 5.91 Å². The molecule has 0 spiro atoms. The minimum atomic E-state index is -0.390. The molecule has 2 N–H and O–H groups in total. The topological polar surface area (TPSA) is 89.5 Å². The van der Waals surface area contributed by atoms with E-state index in [0.29, 0.717) is 25.4 Å². The van der Waals surface area contributed by atoms with Gasteiger partial charge in [-0.15, -0.1) is 12.4 Å². The number of hydrogen-bond acceptors (Lipinski definition) is 4. The second-order valence-corrected chi connectivity index (χ2v) is 6.33. The van der Waals surface area contributed by atoms with Crippen molar-refractivity contribution in [3.63, 3.8) is 0 Å². The summed E-state index contributed by atoms with van der Waals surface area (Å²) in [5, 5.41) is 10.9. The Bertz CT molecular complexity index is 608. The van der Waals surface area contributed by atoms with Crippen LogP contribution in [0.25, 0.3) is 0 Å². The van der Waals surface area contributed by atoms with Crippen LogP contribution in [0, 0.1) is 16.0 Å². The van der Waals surface area contributed by atoms with Crippen molar-refractivity contribution in [1.82, 2.24) is 4.90 Å². The zero-order chi connectivity index (χ0) is 15.7. The van der Waals surface area contributed by atoms with Gasteiger partial charge >= 0.3 is 0 Å². The molecule has 1 heterocycles. The molecule has 23 heavy (non-hydrogen) atoms. The number of amides is 1. The van der Waals surface area contributed by atoms with E-state index in [1.807, 2.05) is 11.0 Å². The molecule has 1 fully saturated rings. The molecule has 2 atom stereocenters. The number of halogens is 1. The molecule has 0 radical (unpaired) electrons. The molecule has 7 heteroatoms. The Labute approximate surface area is 141 Å². The van der Waals surface area contributed by atoms with Crippen molar-refractivity contribution in [1.29, 1.82) is 0 Å². The van der Waals surface area contributed by atoms with Gasteiger partial charge in [-0.1, -0.05) is 12.5 Å². The lowest BCUT2D eigenvalue weighted by molar-refractivity contribution is -0.385. The SMILES string of the molecule is Cl.N[C@@H]1CCC[C@H]1CC(=O)N1CCc2ccc([N+](=O)[O-])cc2C1. The molecule has 6 nitrogen and oxygen atoms in total. The number of benzene rings is 1. The predicted octanol–water partition coefficient (Wildman–Crippen LogP) is 2.42. The standard InChI is InChI=1S/C16H21N3O3.ClH/c17-15-3-1-2-12(15)9-16(20)18-7-6-11-4-5-14(19(21)22)8-13(11)10-18;/h4-5,8,12,15H,1-3,6-7,9-10,17H2;1H/t12-,15+;/m0./s1. The van der Waals surface area contributed by atoms with Crippen LogP contribution in [-0.2, 0) is 17.8 Å². The number of fused-ring (bicyclic) bond motifs is 1. The van der Waals surface area contributed by atoms with Crippen LogP contribution in [0.5, 0.6) is 0 Å². The Hall–Kier alpha value is -1.66. The van der Waals surface area contributed by atoms with Crippen LogP contribution in [0.3, 0.4) is 0 Å². The van der Waals surface area contributed by atoms with E-state index in [9.17, 15) is 14.9 Å². The van der Waals surface area contributed by atoms with E-state index in [0.717, 1.165) is 36.8 Å². The van der Waals surface area contributed by atoms with Crippen LogP contribution >= 0.6 is 12.4 Å². The number of nitro benzene ring substituents is 1. The van der Waals surface area contributed by atoms with E-state index >= 15 is 0 Å². The highest BCUT2D eigenvalue weighted by Crippen LogP contribution is 2.29. The molecule has 126 valence electrons. The number of carbonyl (C=O) groups excluding carboxylic acids is 1. The molecular weight excluding hydrogens is 318 g/mol. The van der Waals surface area contributed by atoms with Gasteiger partial charge in [-0.05, 0) is 36.3 Å². The number of hydrogen-bond donors (Lipinski definition) is 1. The van der Waals surface area contributed by atoms with Crippen molar-refractivity contribution in [2.45, 2.75) is 44.7 Å². The quantitative estimate of drug-likeness (QED) is 0.676. The molecule has 0 aromatic heterocycles. The molecule has 0 unspecified atom stereocenters. The first-order chi connectivity index (χ1) is 10.5. The average Bonchev–Trinajstić information content (AvgIpc) is 2.91. The third-order valence-electron chi connectivity index (χ3n) is 4.92. The lowest BCUT2D eigenvalue weighted by Crippen LogP contribution is -2.38. The van der Waals surface area contributed by atoms with Gasteiger partial charge in [0, 0.05) is 37.7 Å². The van der Waals surface area contributed by atoms with Crippen LogP contribution < -0.4 is 5.73 Å². The molecule has 1 aliphatic heterocycles. The third-order valence-corrected chi connectivity index (χ3v) is 4.92. The highest BCUT2D eigenvalue weighted by Gasteiger charge is 2.29. The Morgan fingerprint density at radius 3 is 2.78 bits per heavy atom. The van der Waals surface area contributed by atoms with Gasteiger partial charge in [-0.3, -0.25) is 14.9 Å². The van der Waals surface area contributed by atoms with Crippen LogP contribution in [-0.4, -0.2) is 28.3 Å². The highest BCUT2D eigenvalue weighted by atomic mass is 35.5. The fraction of sp³-hybridized carbons (Fsp3) is 0.562. The van der Waals surface area contributed by atoms with E-state index in [1.165, 1.54) is 6.07 Å². The van der Waals surface area contributed by atoms with Crippen molar-refractivity contribution in [2.75, 3.05) is 6.54 Å². The Morgan fingerprint density at radius 2 is 2.13 bits per heavy atom. The van der Waals surface area contributed by atoms with E-state index in [2.05, 4.69) is 0 Å². The molecule has 1 amide bonds. The van der Waals surface area contributed by atoms with Crippen molar-refractivity contribution in [3.8, 4) is 0 Å².